The number of rotatable bonds is 1. The SMILES string of the molecule is Cc1cc(C)nc(N2CCC(O)C(C)C2)n1. The fourth-order valence-corrected chi connectivity index (χ4v) is 2.16. The number of aromatic nitrogens is 2. The van der Waals surface area contributed by atoms with Crippen molar-refractivity contribution in [1.82, 2.24) is 9.97 Å². The third-order valence-corrected chi connectivity index (χ3v) is 3.11. The van der Waals surface area contributed by atoms with Gasteiger partial charge >= 0.3 is 0 Å². The second-order valence-corrected chi connectivity index (χ2v) is 4.73. The highest BCUT2D eigenvalue weighted by atomic mass is 16.3. The van der Waals surface area contributed by atoms with Crippen molar-refractivity contribution in [2.24, 2.45) is 5.92 Å². The molecule has 1 aliphatic heterocycles. The van der Waals surface area contributed by atoms with Gasteiger partial charge in [-0.2, -0.15) is 0 Å². The molecule has 2 unspecified atom stereocenters. The molecule has 4 heteroatoms. The van der Waals surface area contributed by atoms with Crippen LogP contribution in [0.3, 0.4) is 0 Å². The number of nitrogens with zero attached hydrogens (tertiary/aromatic N) is 3. The summed E-state index contributed by atoms with van der Waals surface area (Å²) in [4.78, 5) is 11.1. The number of hydrogen-bond acceptors (Lipinski definition) is 4. The molecular formula is C12H19N3O. The van der Waals surface area contributed by atoms with Gasteiger partial charge in [-0.05, 0) is 32.3 Å². The van der Waals surface area contributed by atoms with E-state index in [2.05, 4.69) is 21.8 Å². The van der Waals surface area contributed by atoms with Gasteiger partial charge in [0, 0.05) is 24.5 Å². The molecule has 16 heavy (non-hydrogen) atoms. The molecule has 1 saturated heterocycles. The molecule has 1 N–H and O–H groups in total. The number of hydrogen-bond donors (Lipinski definition) is 1. The molecule has 0 radical (unpaired) electrons. The third kappa shape index (κ3) is 2.32. The van der Waals surface area contributed by atoms with Gasteiger partial charge in [-0.25, -0.2) is 9.97 Å². The lowest BCUT2D eigenvalue weighted by Crippen LogP contribution is -2.42. The Morgan fingerprint density at radius 2 is 1.94 bits per heavy atom. The van der Waals surface area contributed by atoms with Gasteiger partial charge in [-0.1, -0.05) is 6.92 Å². The molecule has 1 aromatic rings. The van der Waals surface area contributed by atoms with Crippen LogP contribution in [0.1, 0.15) is 24.7 Å². The van der Waals surface area contributed by atoms with Crippen molar-refractivity contribution in [2.75, 3.05) is 18.0 Å². The first-order valence-corrected chi connectivity index (χ1v) is 5.81. The zero-order valence-electron chi connectivity index (χ0n) is 10.1. The van der Waals surface area contributed by atoms with E-state index in [1.54, 1.807) is 0 Å². The lowest BCUT2D eigenvalue weighted by molar-refractivity contribution is 0.0966. The van der Waals surface area contributed by atoms with Gasteiger partial charge < -0.3 is 10.0 Å². The second kappa shape index (κ2) is 4.37. The van der Waals surface area contributed by atoms with E-state index in [0.717, 1.165) is 36.8 Å². The minimum atomic E-state index is -0.179. The quantitative estimate of drug-likeness (QED) is 0.776. The van der Waals surface area contributed by atoms with Crippen molar-refractivity contribution in [3.05, 3.63) is 17.5 Å². The van der Waals surface area contributed by atoms with E-state index in [9.17, 15) is 5.11 Å². The minimum Gasteiger partial charge on any atom is -0.393 e. The van der Waals surface area contributed by atoms with Gasteiger partial charge in [0.2, 0.25) is 5.95 Å². The van der Waals surface area contributed by atoms with Crippen molar-refractivity contribution in [3.8, 4) is 0 Å². The van der Waals surface area contributed by atoms with E-state index in [1.165, 1.54) is 0 Å². The van der Waals surface area contributed by atoms with Gasteiger partial charge in [0.1, 0.15) is 0 Å². The molecule has 4 nitrogen and oxygen atoms in total. The highest BCUT2D eigenvalue weighted by Crippen LogP contribution is 2.20. The smallest absolute Gasteiger partial charge is 0.225 e. The Balaban J connectivity index is 2.18. The van der Waals surface area contributed by atoms with Crippen molar-refractivity contribution >= 4 is 5.95 Å². The summed E-state index contributed by atoms with van der Waals surface area (Å²) < 4.78 is 0. The predicted molar refractivity (Wildman–Crippen MR) is 63.5 cm³/mol. The molecule has 0 bridgehead atoms. The average molecular weight is 221 g/mol. The molecule has 0 saturated carbocycles. The lowest BCUT2D eigenvalue weighted by Gasteiger charge is -2.34. The van der Waals surface area contributed by atoms with Gasteiger partial charge in [0.15, 0.2) is 0 Å². The zero-order valence-corrected chi connectivity index (χ0v) is 10.1. The van der Waals surface area contributed by atoms with Crippen LogP contribution in [0.2, 0.25) is 0 Å². The van der Waals surface area contributed by atoms with Crippen LogP contribution < -0.4 is 4.90 Å². The predicted octanol–water partition coefficient (Wildman–Crippen LogP) is 1.30. The Bertz CT molecular complexity index is 360. The van der Waals surface area contributed by atoms with Gasteiger partial charge in [-0.15, -0.1) is 0 Å². The van der Waals surface area contributed by atoms with Gasteiger partial charge in [-0.3, -0.25) is 0 Å². The largest absolute Gasteiger partial charge is 0.393 e. The Morgan fingerprint density at radius 3 is 2.50 bits per heavy atom. The topological polar surface area (TPSA) is 49.2 Å². The Hall–Kier alpha value is -1.16. The van der Waals surface area contributed by atoms with E-state index in [4.69, 9.17) is 0 Å². The molecule has 1 fully saturated rings. The first kappa shape index (κ1) is 11.3. The summed E-state index contributed by atoms with van der Waals surface area (Å²) >= 11 is 0. The first-order valence-electron chi connectivity index (χ1n) is 5.81. The highest BCUT2D eigenvalue weighted by molar-refractivity contribution is 5.33. The number of aryl methyl sites for hydroxylation is 2. The second-order valence-electron chi connectivity index (χ2n) is 4.73. The maximum Gasteiger partial charge on any atom is 0.225 e. The van der Waals surface area contributed by atoms with Crippen LogP contribution >= 0.6 is 0 Å². The maximum absolute atomic E-state index is 9.68. The number of anilines is 1. The molecule has 2 heterocycles. The molecule has 0 aliphatic carbocycles. The Kier molecular flexibility index (Phi) is 3.10. The molecule has 88 valence electrons. The van der Waals surface area contributed by atoms with Gasteiger partial charge in [0.25, 0.3) is 0 Å². The maximum atomic E-state index is 9.68. The van der Waals surface area contributed by atoms with Crippen molar-refractivity contribution in [2.45, 2.75) is 33.3 Å². The summed E-state index contributed by atoms with van der Waals surface area (Å²) in [6.45, 7) is 7.72. The minimum absolute atomic E-state index is 0.179. The molecule has 1 aromatic heterocycles. The zero-order chi connectivity index (χ0) is 11.7. The van der Waals surface area contributed by atoms with E-state index in [1.807, 2.05) is 19.9 Å². The van der Waals surface area contributed by atoms with E-state index in [0.29, 0.717) is 0 Å². The average Bonchev–Trinajstić information content (AvgIpc) is 2.20. The standard InChI is InChI=1S/C12H19N3O/c1-8-7-15(5-4-11(8)16)12-13-9(2)6-10(3)14-12/h6,8,11,16H,4-5,7H2,1-3H3. The van der Waals surface area contributed by atoms with Crippen LogP contribution in [0, 0.1) is 19.8 Å². The molecule has 0 spiro atoms. The van der Waals surface area contributed by atoms with E-state index >= 15 is 0 Å². The lowest BCUT2D eigenvalue weighted by atomic mass is 9.97. The first-order chi connectivity index (χ1) is 7.56. The summed E-state index contributed by atoms with van der Waals surface area (Å²) in [6, 6.07) is 1.98. The summed E-state index contributed by atoms with van der Waals surface area (Å²) in [5.74, 6) is 1.09. The molecule has 2 atom stereocenters. The van der Waals surface area contributed by atoms with Crippen LogP contribution in [0.4, 0.5) is 5.95 Å². The molecule has 0 amide bonds. The van der Waals surface area contributed by atoms with Crippen molar-refractivity contribution in [1.29, 1.82) is 0 Å². The molecule has 2 rings (SSSR count). The molecule has 0 aromatic carbocycles. The van der Waals surface area contributed by atoms with E-state index < -0.39 is 0 Å². The summed E-state index contributed by atoms with van der Waals surface area (Å²) in [5.41, 5.74) is 2.00. The van der Waals surface area contributed by atoms with Crippen LogP contribution in [-0.4, -0.2) is 34.3 Å². The van der Waals surface area contributed by atoms with Crippen LogP contribution in [-0.2, 0) is 0 Å². The van der Waals surface area contributed by atoms with E-state index in [-0.39, 0.29) is 12.0 Å². The van der Waals surface area contributed by atoms with Crippen LogP contribution in [0.25, 0.3) is 0 Å². The number of aliphatic hydroxyl groups excluding tert-OH is 1. The number of aliphatic hydroxyl groups is 1. The van der Waals surface area contributed by atoms with Crippen molar-refractivity contribution < 1.29 is 5.11 Å². The summed E-state index contributed by atoms with van der Waals surface area (Å²) in [7, 11) is 0. The third-order valence-electron chi connectivity index (χ3n) is 3.11. The van der Waals surface area contributed by atoms with Gasteiger partial charge in [0.05, 0.1) is 6.10 Å². The summed E-state index contributed by atoms with van der Waals surface area (Å²) in [6.07, 6.45) is 0.625. The summed E-state index contributed by atoms with van der Waals surface area (Å²) in [5, 5.41) is 9.68. The Labute approximate surface area is 96.3 Å². The normalized spacial score (nSPS) is 25.9. The fraction of sp³-hybridized carbons (Fsp3) is 0.667. The number of piperidine rings is 1. The molecular weight excluding hydrogens is 202 g/mol. The van der Waals surface area contributed by atoms with Crippen LogP contribution in [0.15, 0.2) is 6.07 Å². The monoisotopic (exact) mass is 221 g/mol. The molecule has 1 aliphatic rings. The highest BCUT2D eigenvalue weighted by Gasteiger charge is 2.25. The fourth-order valence-electron chi connectivity index (χ4n) is 2.16. The van der Waals surface area contributed by atoms with Crippen LogP contribution in [0.5, 0.6) is 0 Å². The van der Waals surface area contributed by atoms with Crippen molar-refractivity contribution in [3.63, 3.8) is 0 Å². The Morgan fingerprint density at radius 1 is 1.31 bits per heavy atom.